The van der Waals surface area contributed by atoms with E-state index < -0.39 is 16.9 Å². The number of nitro groups is 1. The van der Waals surface area contributed by atoms with Crippen LogP contribution in [0.1, 0.15) is 17.3 Å². The fraction of sp³-hybridized carbons (Fsp3) is 0.417. The number of aliphatic hydroxyl groups excluding tert-OH is 1. The normalized spacial score (nSPS) is 12.0. The van der Waals surface area contributed by atoms with E-state index >= 15 is 0 Å². The number of hydrogen-bond acceptors (Lipinski definition) is 5. The van der Waals surface area contributed by atoms with Gasteiger partial charge in [-0.05, 0) is 25.3 Å². The summed E-state index contributed by atoms with van der Waals surface area (Å²) in [5, 5.41) is 20.0. The van der Waals surface area contributed by atoms with Gasteiger partial charge in [-0.15, -0.1) is 11.8 Å². The Morgan fingerprint density at radius 1 is 1.58 bits per heavy atom. The van der Waals surface area contributed by atoms with Gasteiger partial charge in [0.2, 0.25) is 0 Å². The third kappa shape index (κ3) is 3.45. The Kier molecular flexibility index (Phi) is 5.31. The highest BCUT2D eigenvalue weighted by Gasteiger charge is 2.25. The monoisotopic (exact) mass is 284 g/mol. The van der Waals surface area contributed by atoms with Crippen molar-refractivity contribution in [2.75, 3.05) is 19.9 Å². The molecule has 1 atom stereocenters. The van der Waals surface area contributed by atoms with Gasteiger partial charge in [0.25, 0.3) is 11.6 Å². The van der Waals surface area contributed by atoms with Crippen LogP contribution in [0.4, 0.5) is 5.69 Å². The molecular formula is C12H16N2O4S. The van der Waals surface area contributed by atoms with Gasteiger partial charge in [-0.1, -0.05) is 0 Å². The number of nitrogens with zero attached hydrogens (tertiary/aromatic N) is 2. The van der Waals surface area contributed by atoms with Gasteiger partial charge in [0.1, 0.15) is 5.56 Å². The zero-order valence-corrected chi connectivity index (χ0v) is 11.8. The van der Waals surface area contributed by atoms with E-state index in [1.54, 1.807) is 13.0 Å². The molecule has 7 heteroatoms. The fourth-order valence-corrected chi connectivity index (χ4v) is 1.93. The molecule has 0 saturated carbocycles. The molecule has 1 N–H and O–H groups in total. The van der Waals surface area contributed by atoms with Crippen molar-refractivity contribution in [3.05, 3.63) is 33.9 Å². The van der Waals surface area contributed by atoms with E-state index in [9.17, 15) is 14.9 Å². The number of amides is 1. The van der Waals surface area contributed by atoms with Crippen molar-refractivity contribution in [2.45, 2.75) is 17.9 Å². The number of carbonyl (C=O) groups is 1. The first-order valence-corrected chi connectivity index (χ1v) is 6.85. The summed E-state index contributed by atoms with van der Waals surface area (Å²) in [6, 6.07) is 4.04. The largest absolute Gasteiger partial charge is 0.394 e. The summed E-state index contributed by atoms with van der Waals surface area (Å²) in [4.78, 5) is 24.7. The SMILES string of the molecule is CSc1ccc([N+](=O)[O-])c(C(=O)N(C)C(C)CO)c1. The van der Waals surface area contributed by atoms with Crippen molar-refractivity contribution < 1.29 is 14.8 Å². The molecule has 6 nitrogen and oxygen atoms in total. The van der Waals surface area contributed by atoms with Crippen molar-refractivity contribution in [2.24, 2.45) is 0 Å². The lowest BCUT2D eigenvalue weighted by Crippen LogP contribution is -2.37. The van der Waals surface area contributed by atoms with Gasteiger partial charge in [0.15, 0.2) is 0 Å². The molecule has 0 bridgehead atoms. The lowest BCUT2D eigenvalue weighted by Gasteiger charge is -2.23. The highest BCUT2D eigenvalue weighted by molar-refractivity contribution is 7.98. The average molecular weight is 284 g/mol. The quantitative estimate of drug-likeness (QED) is 0.506. The smallest absolute Gasteiger partial charge is 0.282 e. The molecule has 0 heterocycles. The molecular weight excluding hydrogens is 268 g/mol. The minimum atomic E-state index is -0.575. The van der Waals surface area contributed by atoms with Crippen molar-refractivity contribution in [3.63, 3.8) is 0 Å². The summed E-state index contributed by atoms with van der Waals surface area (Å²) >= 11 is 1.40. The van der Waals surface area contributed by atoms with E-state index in [2.05, 4.69) is 0 Å². The molecule has 1 aromatic rings. The Balaban J connectivity index is 3.23. The van der Waals surface area contributed by atoms with Gasteiger partial charge >= 0.3 is 0 Å². The summed E-state index contributed by atoms with van der Waals surface area (Å²) in [6.45, 7) is 1.47. The van der Waals surface area contributed by atoms with E-state index in [0.29, 0.717) is 0 Å². The molecule has 0 aliphatic carbocycles. The summed E-state index contributed by atoms with van der Waals surface area (Å²) in [7, 11) is 1.51. The first kappa shape index (κ1) is 15.5. The zero-order chi connectivity index (χ0) is 14.6. The second-order valence-corrected chi connectivity index (χ2v) is 4.97. The molecule has 19 heavy (non-hydrogen) atoms. The number of likely N-dealkylation sites (N-methyl/N-ethyl adjacent to an activating group) is 1. The molecule has 0 spiro atoms. The van der Waals surface area contributed by atoms with Crippen LogP contribution in [0.5, 0.6) is 0 Å². The van der Waals surface area contributed by atoms with Gasteiger partial charge in [0, 0.05) is 18.0 Å². The molecule has 0 radical (unpaired) electrons. The Hall–Kier alpha value is -1.60. The Morgan fingerprint density at radius 3 is 2.68 bits per heavy atom. The maximum Gasteiger partial charge on any atom is 0.282 e. The van der Waals surface area contributed by atoms with Crippen LogP contribution in [0.2, 0.25) is 0 Å². The standard InChI is InChI=1S/C12H16N2O4S/c1-8(7-15)13(2)12(16)10-6-9(19-3)4-5-11(10)14(17)18/h4-6,8,15H,7H2,1-3H3. The maximum absolute atomic E-state index is 12.2. The second-order valence-electron chi connectivity index (χ2n) is 4.09. The lowest BCUT2D eigenvalue weighted by atomic mass is 10.1. The zero-order valence-electron chi connectivity index (χ0n) is 11.0. The molecule has 0 aliphatic heterocycles. The highest BCUT2D eigenvalue weighted by Crippen LogP contribution is 2.26. The van der Waals surface area contributed by atoms with E-state index in [4.69, 9.17) is 5.11 Å². The Morgan fingerprint density at radius 2 is 2.21 bits per heavy atom. The molecule has 0 aromatic heterocycles. The lowest BCUT2D eigenvalue weighted by molar-refractivity contribution is -0.385. The third-order valence-electron chi connectivity index (χ3n) is 2.88. The molecule has 0 aliphatic rings. The summed E-state index contributed by atoms with van der Waals surface area (Å²) in [5.74, 6) is -0.468. The van der Waals surface area contributed by atoms with Crippen molar-refractivity contribution in [3.8, 4) is 0 Å². The van der Waals surface area contributed by atoms with Crippen LogP contribution in [-0.2, 0) is 0 Å². The number of nitro benzene ring substituents is 1. The topological polar surface area (TPSA) is 83.7 Å². The number of benzene rings is 1. The van der Waals surface area contributed by atoms with Crippen LogP contribution in [-0.4, -0.2) is 46.8 Å². The molecule has 1 amide bonds. The number of rotatable bonds is 5. The van der Waals surface area contributed by atoms with Crippen LogP contribution >= 0.6 is 11.8 Å². The minimum Gasteiger partial charge on any atom is -0.394 e. The van der Waals surface area contributed by atoms with Gasteiger partial charge in [0.05, 0.1) is 17.6 Å². The third-order valence-corrected chi connectivity index (χ3v) is 3.60. The van der Waals surface area contributed by atoms with Gasteiger partial charge in [-0.3, -0.25) is 14.9 Å². The van der Waals surface area contributed by atoms with Crippen LogP contribution in [0.3, 0.4) is 0 Å². The predicted molar refractivity (Wildman–Crippen MR) is 73.5 cm³/mol. The van der Waals surface area contributed by atoms with Crippen LogP contribution in [0, 0.1) is 10.1 Å². The number of thioether (sulfide) groups is 1. The van der Waals surface area contributed by atoms with E-state index in [0.717, 1.165) is 4.90 Å². The van der Waals surface area contributed by atoms with Gasteiger partial charge in [-0.2, -0.15) is 0 Å². The first-order chi connectivity index (χ1) is 8.92. The van der Waals surface area contributed by atoms with E-state index in [1.807, 2.05) is 6.26 Å². The molecule has 0 fully saturated rings. The number of aliphatic hydroxyl groups is 1. The molecule has 1 aromatic carbocycles. The van der Waals surface area contributed by atoms with Crippen molar-refractivity contribution in [1.82, 2.24) is 4.90 Å². The Labute approximate surface area is 115 Å². The van der Waals surface area contributed by atoms with Crippen LogP contribution in [0.15, 0.2) is 23.1 Å². The summed E-state index contributed by atoms with van der Waals surface area (Å²) < 4.78 is 0. The van der Waals surface area contributed by atoms with E-state index in [1.165, 1.54) is 35.8 Å². The summed E-state index contributed by atoms with van der Waals surface area (Å²) in [6.07, 6.45) is 1.83. The van der Waals surface area contributed by atoms with Gasteiger partial charge in [-0.25, -0.2) is 0 Å². The van der Waals surface area contributed by atoms with Gasteiger partial charge < -0.3 is 10.0 Å². The first-order valence-electron chi connectivity index (χ1n) is 5.62. The van der Waals surface area contributed by atoms with Crippen LogP contribution < -0.4 is 0 Å². The van der Waals surface area contributed by atoms with Crippen molar-refractivity contribution >= 4 is 23.4 Å². The molecule has 0 saturated heterocycles. The second kappa shape index (κ2) is 6.53. The minimum absolute atomic E-state index is 0.0413. The molecule has 1 rings (SSSR count). The van der Waals surface area contributed by atoms with Crippen molar-refractivity contribution in [1.29, 1.82) is 0 Å². The molecule has 1 unspecified atom stereocenters. The highest BCUT2D eigenvalue weighted by atomic mass is 32.2. The van der Waals surface area contributed by atoms with E-state index in [-0.39, 0.29) is 17.9 Å². The molecule has 104 valence electrons. The number of hydrogen-bond donors (Lipinski definition) is 1. The maximum atomic E-state index is 12.2. The average Bonchev–Trinajstić information content (AvgIpc) is 2.43. The Bertz CT molecular complexity index is 493. The summed E-state index contributed by atoms with van der Waals surface area (Å²) in [5.41, 5.74) is -0.181. The predicted octanol–water partition coefficient (Wildman–Crippen LogP) is 1.77. The van der Waals surface area contributed by atoms with Crippen LogP contribution in [0.25, 0.3) is 0 Å². The fourth-order valence-electron chi connectivity index (χ4n) is 1.49. The number of carbonyl (C=O) groups excluding carboxylic acids is 1.